The predicted octanol–water partition coefficient (Wildman–Crippen LogP) is 9.89. The van der Waals surface area contributed by atoms with E-state index < -0.39 is 0 Å². The van der Waals surface area contributed by atoms with Gasteiger partial charge in [-0.25, -0.2) is 0 Å². The minimum Gasteiger partial charge on any atom is -0.453 e. The van der Waals surface area contributed by atoms with Crippen molar-refractivity contribution in [2.45, 2.75) is 26.2 Å². The van der Waals surface area contributed by atoms with E-state index in [1.165, 1.54) is 27.8 Å². The van der Waals surface area contributed by atoms with E-state index in [2.05, 4.69) is 123 Å². The van der Waals surface area contributed by atoms with Gasteiger partial charge in [0.1, 0.15) is 0 Å². The summed E-state index contributed by atoms with van der Waals surface area (Å²) >= 11 is 0. The van der Waals surface area contributed by atoms with Gasteiger partial charge in [-0.15, -0.1) is 0 Å². The number of hydrogen-bond acceptors (Lipinski definition) is 2. The molecule has 0 aromatic heterocycles. The van der Waals surface area contributed by atoms with Crippen LogP contribution in [0.2, 0.25) is 0 Å². The summed E-state index contributed by atoms with van der Waals surface area (Å²) in [5, 5.41) is 0. The van der Waals surface area contributed by atoms with Gasteiger partial charge in [0.25, 0.3) is 0 Å². The average Bonchev–Trinajstić information content (AvgIpc) is 2.91. The molecule has 0 fully saturated rings. The van der Waals surface area contributed by atoms with Crippen LogP contribution in [0, 0.1) is 0 Å². The third kappa shape index (κ3) is 4.05. The number of ether oxygens (including phenoxy) is 1. The van der Waals surface area contributed by atoms with Crippen LogP contribution in [0.15, 0.2) is 121 Å². The first-order valence-electron chi connectivity index (χ1n) is 12.4. The zero-order valence-corrected chi connectivity index (χ0v) is 20.9. The molecular formula is C34H29NO. The molecule has 0 bridgehead atoms. The summed E-state index contributed by atoms with van der Waals surface area (Å²) in [5.41, 5.74) is 9.51. The highest BCUT2D eigenvalue weighted by Crippen LogP contribution is 2.50. The second-order valence-electron chi connectivity index (χ2n) is 10.3. The highest BCUT2D eigenvalue weighted by molar-refractivity contribution is 5.87. The number of hydrogen-bond donors (Lipinski definition) is 0. The van der Waals surface area contributed by atoms with E-state index in [1.807, 2.05) is 24.3 Å². The van der Waals surface area contributed by atoms with E-state index in [4.69, 9.17) is 4.74 Å². The Bertz CT molecular complexity index is 1480. The van der Waals surface area contributed by atoms with Crippen molar-refractivity contribution in [3.05, 3.63) is 127 Å². The van der Waals surface area contributed by atoms with E-state index >= 15 is 0 Å². The van der Waals surface area contributed by atoms with Gasteiger partial charge in [0.05, 0.1) is 11.4 Å². The molecule has 0 N–H and O–H groups in total. The van der Waals surface area contributed by atoms with Gasteiger partial charge in [-0.05, 0) is 75.7 Å². The van der Waals surface area contributed by atoms with Crippen molar-refractivity contribution in [1.29, 1.82) is 0 Å². The zero-order chi connectivity index (χ0) is 24.7. The van der Waals surface area contributed by atoms with Crippen molar-refractivity contribution in [3.8, 4) is 33.8 Å². The first kappa shape index (κ1) is 22.2. The third-order valence-electron chi connectivity index (χ3n) is 6.80. The standard InChI is InChI=1S/C34H29NO/c1-34(2,3)28-22-26(24-11-5-4-6-12-24)21-27(23-28)25-17-19-29(20-18-25)35-30-13-7-9-15-32(30)36-33-16-10-8-14-31(33)35/h4-23H,1-3H3. The molecule has 2 nitrogen and oxygen atoms in total. The largest absolute Gasteiger partial charge is 0.453 e. The molecular weight excluding hydrogens is 438 g/mol. The van der Waals surface area contributed by atoms with Gasteiger partial charge < -0.3 is 9.64 Å². The quantitative estimate of drug-likeness (QED) is 0.257. The lowest BCUT2D eigenvalue weighted by Gasteiger charge is -2.32. The monoisotopic (exact) mass is 467 g/mol. The topological polar surface area (TPSA) is 12.5 Å². The van der Waals surface area contributed by atoms with Gasteiger partial charge in [-0.3, -0.25) is 0 Å². The lowest BCUT2D eigenvalue weighted by atomic mass is 9.83. The number of rotatable bonds is 3. The fourth-order valence-electron chi connectivity index (χ4n) is 4.81. The maximum atomic E-state index is 6.18. The normalized spacial score (nSPS) is 12.5. The maximum Gasteiger partial charge on any atom is 0.151 e. The van der Waals surface area contributed by atoms with Crippen LogP contribution in [-0.2, 0) is 5.41 Å². The first-order chi connectivity index (χ1) is 17.5. The van der Waals surface area contributed by atoms with Crippen LogP contribution in [0.5, 0.6) is 11.5 Å². The van der Waals surface area contributed by atoms with Gasteiger partial charge in [-0.2, -0.15) is 0 Å². The molecule has 2 heteroatoms. The molecule has 1 heterocycles. The number of fused-ring (bicyclic) bond motifs is 2. The Labute approximate surface area is 213 Å². The zero-order valence-electron chi connectivity index (χ0n) is 20.9. The maximum absolute atomic E-state index is 6.18. The molecule has 0 aliphatic carbocycles. The fourth-order valence-corrected chi connectivity index (χ4v) is 4.81. The minimum atomic E-state index is 0.0563. The number of nitrogens with zero attached hydrogens (tertiary/aromatic N) is 1. The second kappa shape index (κ2) is 8.73. The van der Waals surface area contributed by atoms with Crippen molar-refractivity contribution >= 4 is 17.1 Å². The van der Waals surface area contributed by atoms with Crippen molar-refractivity contribution in [2.75, 3.05) is 4.90 Å². The van der Waals surface area contributed by atoms with E-state index in [0.717, 1.165) is 28.6 Å². The van der Waals surface area contributed by atoms with Gasteiger partial charge in [0, 0.05) is 5.69 Å². The van der Waals surface area contributed by atoms with E-state index in [-0.39, 0.29) is 5.41 Å². The Kier molecular flexibility index (Phi) is 5.38. The van der Waals surface area contributed by atoms with Crippen molar-refractivity contribution in [1.82, 2.24) is 0 Å². The molecule has 176 valence electrons. The Morgan fingerprint density at radius 2 is 1.00 bits per heavy atom. The van der Waals surface area contributed by atoms with Crippen LogP contribution in [-0.4, -0.2) is 0 Å². The summed E-state index contributed by atoms with van der Waals surface area (Å²) in [6, 6.07) is 42.9. The molecule has 1 aliphatic rings. The average molecular weight is 468 g/mol. The van der Waals surface area contributed by atoms with Gasteiger partial charge >= 0.3 is 0 Å². The molecule has 0 saturated heterocycles. The minimum absolute atomic E-state index is 0.0563. The number of benzene rings is 5. The molecule has 0 atom stereocenters. The van der Waals surface area contributed by atoms with Gasteiger partial charge in [0.15, 0.2) is 11.5 Å². The van der Waals surface area contributed by atoms with Crippen LogP contribution in [0.1, 0.15) is 26.3 Å². The lowest BCUT2D eigenvalue weighted by Crippen LogP contribution is -2.15. The number of para-hydroxylation sites is 4. The highest BCUT2D eigenvalue weighted by atomic mass is 16.5. The molecule has 5 aromatic rings. The van der Waals surface area contributed by atoms with Crippen LogP contribution in [0.4, 0.5) is 17.1 Å². The SMILES string of the molecule is CC(C)(C)c1cc(-c2ccccc2)cc(-c2ccc(N3c4ccccc4Oc4ccccc43)cc2)c1. The molecule has 0 amide bonds. The summed E-state index contributed by atoms with van der Waals surface area (Å²) in [5.74, 6) is 1.73. The molecule has 0 spiro atoms. The Balaban J connectivity index is 1.43. The highest BCUT2D eigenvalue weighted by Gasteiger charge is 2.25. The van der Waals surface area contributed by atoms with Crippen molar-refractivity contribution in [2.24, 2.45) is 0 Å². The fraction of sp³-hybridized carbons (Fsp3) is 0.118. The molecule has 6 rings (SSSR count). The molecule has 0 saturated carbocycles. The molecule has 1 aliphatic heterocycles. The smallest absolute Gasteiger partial charge is 0.151 e. The third-order valence-corrected chi connectivity index (χ3v) is 6.80. The van der Waals surface area contributed by atoms with E-state index in [0.29, 0.717) is 0 Å². The first-order valence-corrected chi connectivity index (χ1v) is 12.4. The van der Waals surface area contributed by atoms with Crippen molar-refractivity contribution in [3.63, 3.8) is 0 Å². The summed E-state index contributed by atoms with van der Waals surface area (Å²) in [4.78, 5) is 2.28. The van der Waals surface area contributed by atoms with E-state index in [1.54, 1.807) is 0 Å². The van der Waals surface area contributed by atoms with Crippen LogP contribution < -0.4 is 9.64 Å². The molecule has 5 aromatic carbocycles. The van der Waals surface area contributed by atoms with Crippen molar-refractivity contribution < 1.29 is 4.74 Å². The second-order valence-corrected chi connectivity index (χ2v) is 10.3. The lowest BCUT2D eigenvalue weighted by molar-refractivity contribution is 0.477. The summed E-state index contributed by atoms with van der Waals surface area (Å²) < 4.78 is 6.18. The van der Waals surface area contributed by atoms with Gasteiger partial charge in [-0.1, -0.05) is 99.6 Å². The molecule has 0 unspecified atom stereocenters. The van der Waals surface area contributed by atoms with Crippen LogP contribution >= 0.6 is 0 Å². The summed E-state index contributed by atoms with van der Waals surface area (Å²) in [7, 11) is 0. The molecule has 36 heavy (non-hydrogen) atoms. The van der Waals surface area contributed by atoms with Gasteiger partial charge in [0.2, 0.25) is 0 Å². The summed E-state index contributed by atoms with van der Waals surface area (Å²) in [6.07, 6.45) is 0. The van der Waals surface area contributed by atoms with Crippen LogP contribution in [0.3, 0.4) is 0 Å². The Morgan fingerprint density at radius 1 is 0.500 bits per heavy atom. The Morgan fingerprint density at radius 3 is 1.56 bits per heavy atom. The van der Waals surface area contributed by atoms with E-state index in [9.17, 15) is 0 Å². The van der Waals surface area contributed by atoms with Crippen LogP contribution in [0.25, 0.3) is 22.3 Å². The molecule has 0 radical (unpaired) electrons. The number of anilines is 3. The summed E-state index contributed by atoms with van der Waals surface area (Å²) in [6.45, 7) is 6.83. The Hall–Kier alpha value is -4.30. The predicted molar refractivity (Wildman–Crippen MR) is 151 cm³/mol.